The second-order valence-electron chi connectivity index (χ2n) is 8.05. The largest absolute Gasteiger partial charge is 0.414 e. The van der Waals surface area contributed by atoms with E-state index in [1.165, 1.54) is 5.56 Å². The lowest BCUT2D eigenvalue weighted by molar-refractivity contribution is 0.0735. The highest BCUT2D eigenvalue weighted by Gasteiger charge is 2.38. The fourth-order valence-electron chi connectivity index (χ4n) is 2.32. The molecule has 0 aliphatic rings. The molecule has 0 aromatic heterocycles. The minimum absolute atomic E-state index is 0.245. The third-order valence-corrected chi connectivity index (χ3v) is 9.43. The van der Waals surface area contributed by atoms with Gasteiger partial charge in [0.1, 0.15) is 0 Å². The summed E-state index contributed by atoms with van der Waals surface area (Å²) in [5, 5.41) is 0.245. The van der Waals surface area contributed by atoms with Crippen molar-refractivity contribution in [2.75, 3.05) is 6.61 Å². The molecular weight excluding hydrogens is 312 g/mol. The smallest absolute Gasteiger partial charge is 0.192 e. The summed E-state index contributed by atoms with van der Waals surface area (Å²) < 4.78 is 12.5. The fourth-order valence-corrected chi connectivity index (χ4v) is 3.75. The number of ether oxygens (including phenoxy) is 1. The SMILES string of the molecule is C=CCCC[C@H](CCOCc1ccccc1)O[Si](C)(C)C(C)(C)C. The molecule has 0 aliphatic heterocycles. The Labute approximate surface area is 150 Å². The molecule has 0 fully saturated rings. The van der Waals surface area contributed by atoms with E-state index in [0.717, 1.165) is 32.3 Å². The van der Waals surface area contributed by atoms with Crippen LogP contribution in [0.2, 0.25) is 18.1 Å². The van der Waals surface area contributed by atoms with Crippen molar-refractivity contribution < 1.29 is 9.16 Å². The zero-order valence-electron chi connectivity index (χ0n) is 16.3. The highest BCUT2D eigenvalue weighted by Crippen LogP contribution is 2.38. The highest BCUT2D eigenvalue weighted by atomic mass is 28.4. The van der Waals surface area contributed by atoms with E-state index in [0.29, 0.717) is 12.7 Å². The van der Waals surface area contributed by atoms with Gasteiger partial charge >= 0.3 is 0 Å². The molecule has 1 atom stereocenters. The van der Waals surface area contributed by atoms with Crippen LogP contribution in [0.4, 0.5) is 0 Å². The number of rotatable bonds is 11. The first-order valence-corrected chi connectivity index (χ1v) is 12.1. The van der Waals surface area contributed by atoms with Crippen molar-refractivity contribution in [2.45, 2.75) is 77.3 Å². The van der Waals surface area contributed by atoms with Crippen LogP contribution in [-0.4, -0.2) is 21.0 Å². The number of allylic oxidation sites excluding steroid dienone is 1. The van der Waals surface area contributed by atoms with Gasteiger partial charge in [-0.2, -0.15) is 0 Å². The summed E-state index contributed by atoms with van der Waals surface area (Å²) in [6.45, 7) is 16.8. The van der Waals surface area contributed by atoms with E-state index in [2.05, 4.69) is 64.7 Å². The lowest BCUT2D eigenvalue weighted by Gasteiger charge is -2.39. The molecule has 0 saturated heterocycles. The van der Waals surface area contributed by atoms with Crippen LogP contribution in [0.15, 0.2) is 43.0 Å². The topological polar surface area (TPSA) is 18.5 Å². The molecule has 0 aliphatic carbocycles. The van der Waals surface area contributed by atoms with Gasteiger partial charge in [0.25, 0.3) is 0 Å². The molecule has 0 amide bonds. The predicted octanol–water partition coefficient (Wildman–Crippen LogP) is 6.34. The van der Waals surface area contributed by atoms with Crippen LogP contribution < -0.4 is 0 Å². The first kappa shape index (κ1) is 21.1. The van der Waals surface area contributed by atoms with Crippen molar-refractivity contribution in [2.24, 2.45) is 0 Å². The highest BCUT2D eigenvalue weighted by molar-refractivity contribution is 6.74. The Balaban J connectivity index is 2.47. The van der Waals surface area contributed by atoms with Crippen LogP contribution in [0.5, 0.6) is 0 Å². The summed E-state index contributed by atoms with van der Waals surface area (Å²) in [6.07, 6.45) is 6.55. The second-order valence-corrected chi connectivity index (χ2v) is 12.8. The van der Waals surface area contributed by atoms with Crippen molar-refractivity contribution in [3.05, 3.63) is 48.6 Å². The van der Waals surface area contributed by atoms with Gasteiger partial charge in [0.05, 0.1) is 6.61 Å². The monoisotopic (exact) mass is 348 g/mol. The lowest BCUT2D eigenvalue weighted by Crippen LogP contribution is -2.44. The van der Waals surface area contributed by atoms with E-state index >= 15 is 0 Å². The van der Waals surface area contributed by atoms with Gasteiger partial charge in [-0.15, -0.1) is 6.58 Å². The molecule has 0 bridgehead atoms. The average Bonchev–Trinajstić information content (AvgIpc) is 2.51. The predicted molar refractivity (Wildman–Crippen MR) is 107 cm³/mol. The molecule has 3 heteroatoms. The molecule has 24 heavy (non-hydrogen) atoms. The maximum absolute atomic E-state index is 6.63. The van der Waals surface area contributed by atoms with Crippen molar-refractivity contribution >= 4 is 8.32 Å². The van der Waals surface area contributed by atoms with E-state index in [1.54, 1.807) is 0 Å². The molecule has 0 spiro atoms. The van der Waals surface area contributed by atoms with Gasteiger partial charge < -0.3 is 9.16 Å². The maximum atomic E-state index is 6.63. The Hall–Kier alpha value is -0.903. The molecule has 0 N–H and O–H groups in total. The minimum atomic E-state index is -1.73. The van der Waals surface area contributed by atoms with Crippen LogP contribution >= 0.6 is 0 Å². The van der Waals surface area contributed by atoms with Gasteiger partial charge in [-0.25, -0.2) is 0 Å². The van der Waals surface area contributed by atoms with E-state index in [1.807, 2.05) is 12.1 Å². The van der Waals surface area contributed by atoms with Crippen molar-refractivity contribution in [1.29, 1.82) is 0 Å². The Morgan fingerprint density at radius 3 is 2.38 bits per heavy atom. The van der Waals surface area contributed by atoms with E-state index in [9.17, 15) is 0 Å². The normalized spacial score (nSPS) is 13.7. The molecule has 1 rings (SSSR count). The number of hydrogen-bond donors (Lipinski definition) is 0. The zero-order chi connectivity index (χ0) is 18.1. The summed E-state index contributed by atoms with van der Waals surface area (Å²) in [5.41, 5.74) is 1.23. The standard InChI is InChI=1S/C21H36O2Si/c1-7-8-10-15-20(23-24(5,6)21(2,3)4)16-17-22-18-19-13-11-9-12-14-19/h7,9,11-14,20H,1,8,10,15-18H2,2-6H3/t20-/m1/s1. The molecule has 0 saturated carbocycles. The van der Waals surface area contributed by atoms with Gasteiger partial charge in [0.2, 0.25) is 0 Å². The molecule has 0 heterocycles. The van der Waals surface area contributed by atoms with Crippen molar-refractivity contribution in [1.82, 2.24) is 0 Å². The molecule has 0 radical (unpaired) electrons. The Bertz CT molecular complexity index is 462. The molecular formula is C21H36O2Si. The Morgan fingerprint density at radius 1 is 1.12 bits per heavy atom. The number of benzene rings is 1. The fraction of sp³-hybridized carbons (Fsp3) is 0.619. The molecule has 136 valence electrons. The average molecular weight is 349 g/mol. The Morgan fingerprint density at radius 2 is 1.79 bits per heavy atom. The van der Waals surface area contributed by atoms with Gasteiger partial charge in [0.15, 0.2) is 8.32 Å². The second kappa shape index (κ2) is 10.2. The zero-order valence-corrected chi connectivity index (χ0v) is 17.3. The molecule has 1 aromatic carbocycles. The van der Waals surface area contributed by atoms with E-state index in [-0.39, 0.29) is 5.04 Å². The van der Waals surface area contributed by atoms with Crippen molar-refractivity contribution in [3.63, 3.8) is 0 Å². The molecule has 1 aromatic rings. The summed E-state index contributed by atoms with van der Waals surface area (Å²) in [6, 6.07) is 10.3. The van der Waals surface area contributed by atoms with Crippen molar-refractivity contribution in [3.8, 4) is 0 Å². The summed E-state index contributed by atoms with van der Waals surface area (Å²) in [7, 11) is -1.73. The van der Waals surface area contributed by atoms with E-state index < -0.39 is 8.32 Å². The quantitative estimate of drug-likeness (QED) is 0.264. The van der Waals surface area contributed by atoms with Gasteiger partial charge in [0, 0.05) is 12.7 Å². The van der Waals surface area contributed by atoms with Gasteiger partial charge in [-0.1, -0.05) is 57.2 Å². The maximum Gasteiger partial charge on any atom is 0.192 e. The summed E-state index contributed by atoms with van der Waals surface area (Å²) in [5.74, 6) is 0. The van der Waals surface area contributed by atoms with Crippen LogP contribution in [-0.2, 0) is 15.8 Å². The van der Waals surface area contributed by atoms with Crippen LogP contribution in [0.3, 0.4) is 0 Å². The first-order chi connectivity index (χ1) is 11.3. The lowest BCUT2D eigenvalue weighted by atomic mass is 10.1. The third kappa shape index (κ3) is 7.78. The summed E-state index contributed by atoms with van der Waals surface area (Å²) >= 11 is 0. The van der Waals surface area contributed by atoms with E-state index in [4.69, 9.17) is 9.16 Å². The molecule has 2 nitrogen and oxygen atoms in total. The van der Waals surface area contributed by atoms with Crippen LogP contribution in [0, 0.1) is 0 Å². The first-order valence-electron chi connectivity index (χ1n) is 9.16. The number of unbranched alkanes of at least 4 members (excludes halogenated alkanes) is 1. The summed E-state index contributed by atoms with van der Waals surface area (Å²) in [4.78, 5) is 0. The Kier molecular flexibility index (Phi) is 8.96. The number of hydrogen-bond acceptors (Lipinski definition) is 2. The van der Waals surface area contributed by atoms with Gasteiger partial charge in [-0.3, -0.25) is 0 Å². The molecule has 0 unspecified atom stereocenters. The minimum Gasteiger partial charge on any atom is -0.414 e. The van der Waals surface area contributed by atoms with Crippen LogP contribution in [0.1, 0.15) is 52.0 Å². The van der Waals surface area contributed by atoms with Gasteiger partial charge in [-0.05, 0) is 49.4 Å². The van der Waals surface area contributed by atoms with Crippen LogP contribution in [0.25, 0.3) is 0 Å². The third-order valence-electron chi connectivity index (χ3n) is 4.90.